The van der Waals surface area contributed by atoms with Crippen molar-refractivity contribution in [1.29, 1.82) is 0 Å². The molecule has 0 unspecified atom stereocenters. The first-order valence-corrected chi connectivity index (χ1v) is 8.05. The van der Waals surface area contributed by atoms with Gasteiger partial charge in [-0.1, -0.05) is 30.3 Å². The van der Waals surface area contributed by atoms with Gasteiger partial charge in [-0.2, -0.15) is 0 Å². The van der Waals surface area contributed by atoms with Gasteiger partial charge < -0.3 is 9.47 Å². The predicted molar refractivity (Wildman–Crippen MR) is 102 cm³/mol. The third kappa shape index (κ3) is 5.52. The molecular formula is C20H20N2O5. The van der Waals surface area contributed by atoms with Gasteiger partial charge in [0.25, 0.3) is 5.91 Å². The van der Waals surface area contributed by atoms with Crippen LogP contribution < -0.4 is 15.0 Å². The van der Waals surface area contributed by atoms with Crippen molar-refractivity contribution in [2.75, 3.05) is 20.8 Å². The monoisotopic (exact) mass is 368 g/mol. The number of aliphatic imine (C=N–C) groups is 1. The van der Waals surface area contributed by atoms with Crippen molar-refractivity contribution in [1.82, 2.24) is 5.48 Å². The van der Waals surface area contributed by atoms with Crippen LogP contribution >= 0.6 is 0 Å². The molecule has 0 aliphatic rings. The van der Waals surface area contributed by atoms with Crippen molar-refractivity contribution in [2.24, 2.45) is 4.99 Å². The standard InChI is InChI=1S/C20H20N2O5/c1-26-18-4-3-5-19(27-2)16(18)12-21-13-17(23)15-9-6-14(7-10-15)8-11-20(24)22-25/h3-12,25H,13H2,1-2H3,(H,22,24)/b11-8+,21-12?. The van der Waals surface area contributed by atoms with Gasteiger partial charge in [-0.15, -0.1) is 0 Å². The fraction of sp³-hybridized carbons (Fsp3) is 0.150. The fourth-order valence-corrected chi connectivity index (χ4v) is 2.31. The van der Waals surface area contributed by atoms with Crippen LogP contribution in [0.1, 0.15) is 21.5 Å². The molecule has 0 aliphatic carbocycles. The van der Waals surface area contributed by atoms with Gasteiger partial charge in [-0.25, -0.2) is 5.48 Å². The highest BCUT2D eigenvalue weighted by atomic mass is 16.5. The number of nitrogens with zero attached hydrogens (tertiary/aromatic N) is 1. The summed E-state index contributed by atoms with van der Waals surface area (Å²) in [5.74, 6) is 0.433. The summed E-state index contributed by atoms with van der Waals surface area (Å²) in [5, 5.41) is 8.44. The number of benzene rings is 2. The predicted octanol–water partition coefficient (Wildman–Crippen LogP) is 2.52. The summed E-state index contributed by atoms with van der Waals surface area (Å²) in [6, 6.07) is 12.1. The van der Waals surface area contributed by atoms with E-state index in [1.54, 1.807) is 62.9 Å². The molecule has 0 fully saturated rings. The molecular weight excluding hydrogens is 348 g/mol. The lowest BCUT2D eigenvalue weighted by molar-refractivity contribution is -0.124. The quantitative estimate of drug-likeness (QED) is 0.245. The highest BCUT2D eigenvalue weighted by Gasteiger charge is 2.08. The number of ether oxygens (including phenoxy) is 2. The summed E-state index contributed by atoms with van der Waals surface area (Å²) in [6.07, 6.45) is 4.26. The number of carbonyl (C=O) groups is 2. The van der Waals surface area contributed by atoms with Gasteiger partial charge in [0.15, 0.2) is 5.78 Å². The summed E-state index contributed by atoms with van der Waals surface area (Å²) in [4.78, 5) is 27.4. The Labute approximate surface area is 156 Å². The van der Waals surface area contributed by atoms with Crippen LogP contribution in [-0.4, -0.2) is 43.9 Å². The molecule has 2 N–H and O–H groups in total. The lowest BCUT2D eigenvalue weighted by atomic mass is 10.1. The molecule has 7 nitrogen and oxygen atoms in total. The summed E-state index contributed by atoms with van der Waals surface area (Å²) < 4.78 is 10.6. The molecule has 0 heterocycles. The first kappa shape index (κ1) is 19.9. The van der Waals surface area contributed by atoms with E-state index >= 15 is 0 Å². The Morgan fingerprint density at radius 1 is 1.07 bits per heavy atom. The number of hydrogen-bond donors (Lipinski definition) is 2. The van der Waals surface area contributed by atoms with E-state index in [1.807, 2.05) is 0 Å². The van der Waals surface area contributed by atoms with Gasteiger partial charge in [-0.05, 0) is 23.8 Å². The molecule has 2 aromatic rings. The van der Waals surface area contributed by atoms with Crippen LogP contribution in [0.3, 0.4) is 0 Å². The largest absolute Gasteiger partial charge is 0.496 e. The summed E-state index contributed by atoms with van der Waals surface area (Å²) in [7, 11) is 3.11. The third-order valence-electron chi connectivity index (χ3n) is 3.69. The van der Waals surface area contributed by atoms with Crippen LogP contribution in [0.2, 0.25) is 0 Å². The fourth-order valence-electron chi connectivity index (χ4n) is 2.31. The highest BCUT2D eigenvalue weighted by Crippen LogP contribution is 2.26. The molecule has 0 spiro atoms. The van der Waals surface area contributed by atoms with Crippen molar-refractivity contribution in [3.8, 4) is 11.5 Å². The zero-order valence-electron chi connectivity index (χ0n) is 15.0. The number of hydrogen-bond acceptors (Lipinski definition) is 6. The molecule has 0 saturated carbocycles. The molecule has 0 atom stereocenters. The maximum atomic E-state index is 12.3. The molecule has 2 aromatic carbocycles. The number of methoxy groups -OCH3 is 2. The zero-order valence-corrected chi connectivity index (χ0v) is 15.0. The average molecular weight is 368 g/mol. The highest BCUT2D eigenvalue weighted by molar-refractivity contribution is 5.99. The van der Waals surface area contributed by atoms with E-state index in [-0.39, 0.29) is 12.3 Å². The Bertz CT molecular complexity index is 835. The summed E-state index contributed by atoms with van der Waals surface area (Å²) >= 11 is 0. The van der Waals surface area contributed by atoms with Crippen molar-refractivity contribution in [3.63, 3.8) is 0 Å². The Hall–Kier alpha value is -3.45. The third-order valence-corrected chi connectivity index (χ3v) is 3.69. The van der Waals surface area contributed by atoms with Gasteiger partial charge in [0.05, 0.1) is 19.8 Å². The molecule has 0 aliphatic heterocycles. The minimum atomic E-state index is -0.628. The van der Waals surface area contributed by atoms with Crippen LogP contribution in [0.5, 0.6) is 11.5 Å². The number of rotatable bonds is 8. The summed E-state index contributed by atoms with van der Waals surface area (Å²) in [6.45, 7) is -0.0245. The van der Waals surface area contributed by atoms with E-state index < -0.39 is 5.91 Å². The van der Waals surface area contributed by atoms with E-state index in [9.17, 15) is 9.59 Å². The van der Waals surface area contributed by atoms with Crippen LogP contribution in [0.4, 0.5) is 0 Å². The lowest BCUT2D eigenvalue weighted by Gasteiger charge is -2.08. The van der Waals surface area contributed by atoms with Crippen LogP contribution in [-0.2, 0) is 4.79 Å². The number of nitrogens with one attached hydrogen (secondary N) is 1. The van der Waals surface area contributed by atoms with Crippen LogP contribution in [0.25, 0.3) is 6.08 Å². The zero-order chi connectivity index (χ0) is 19.6. The van der Waals surface area contributed by atoms with E-state index in [1.165, 1.54) is 17.6 Å². The second-order valence-corrected chi connectivity index (χ2v) is 5.40. The number of hydroxylamine groups is 1. The average Bonchev–Trinajstić information content (AvgIpc) is 2.72. The smallest absolute Gasteiger partial charge is 0.267 e. The summed E-state index contributed by atoms with van der Waals surface area (Å²) in [5.41, 5.74) is 3.39. The van der Waals surface area contributed by atoms with Gasteiger partial charge in [0.1, 0.15) is 18.0 Å². The SMILES string of the molecule is COc1cccc(OC)c1C=NCC(=O)c1ccc(/C=C/C(=O)NO)cc1. The van der Waals surface area contributed by atoms with E-state index in [0.29, 0.717) is 22.6 Å². The lowest BCUT2D eigenvalue weighted by Crippen LogP contribution is -2.14. The van der Waals surface area contributed by atoms with E-state index in [0.717, 1.165) is 5.56 Å². The van der Waals surface area contributed by atoms with Crippen molar-refractivity contribution in [2.45, 2.75) is 0 Å². The number of amides is 1. The van der Waals surface area contributed by atoms with Gasteiger partial charge >= 0.3 is 0 Å². The van der Waals surface area contributed by atoms with Crippen LogP contribution in [0.15, 0.2) is 53.5 Å². The normalized spacial score (nSPS) is 10.9. The molecule has 2 rings (SSSR count). The minimum absolute atomic E-state index is 0.0245. The molecule has 1 amide bonds. The number of Topliss-reactive ketones (excluding diaryl/α,β-unsaturated/α-hetero) is 1. The Morgan fingerprint density at radius 2 is 1.70 bits per heavy atom. The van der Waals surface area contributed by atoms with E-state index in [2.05, 4.69) is 4.99 Å². The van der Waals surface area contributed by atoms with Gasteiger partial charge in [0, 0.05) is 17.9 Å². The molecule has 0 bridgehead atoms. The first-order chi connectivity index (χ1) is 13.1. The molecule has 7 heteroatoms. The van der Waals surface area contributed by atoms with E-state index in [4.69, 9.17) is 14.7 Å². The molecule has 27 heavy (non-hydrogen) atoms. The Balaban J connectivity index is 2.05. The number of ketones is 1. The molecule has 0 saturated heterocycles. The first-order valence-electron chi connectivity index (χ1n) is 8.05. The maximum absolute atomic E-state index is 12.3. The molecule has 140 valence electrons. The molecule has 0 radical (unpaired) electrons. The van der Waals surface area contributed by atoms with Crippen molar-refractivity contribution in [3.05, 3.63) is 65.2 Å². The number of carbonyl (C=O) groups excluding carboxylic acids is 2. The Kier molecular flexibility index (Phi) is 7.27. The van der Waals surface area contributed by atoms with Crippen molar-refractivity contribution >= 4 is 24.0 Å². The second-order valence-electron chi connectivity index (χ2n) is 5.40. The molecule has 0 aromatic heterocycles. The van der Waals surface area contributed by atoms with Gasteiger partial charge in [0.2, 0.25) is 0 Å². The van der Waals surface area contributed by atoms with Crippen LogP contribution in [0, 0.1) is 0 Å². The van der Waals surface area contributed by atoms with Gasteiger partial charge in [-0.3, -0.25) is 19.8 Å². The second kappa shape index (κ2) is 9.88. The van der Waals surface area contributed by atoms with Crippen molar-refractivity contribution < 1.29 is 24.3 Å². The Morgan fingerprint density at radius 3 is 2.26 bits per heavy atom. The topological polar surface area (TPSA) is 97.2 Å². The minimum Gasteiger partial charge on any atom is -0.496 e. The maximum Gasteiger partial charge on any atom is 0.267 e.